The fourth-order valence-electron chi connectivity index (χ4n) is 2.63. The molecule has 3 rings (SSSR count). The summed E-state index contributed by atoms with van der Waals surface area (Å²) in [7, 11) is 0. The molecule has 1 aromatic heterocycles. The Labute approximate surface area is 116 Å². The van der Waals surface area contributed by atoms with Crippen LogP contribution in [0.25, 0.3) is 0 Å². The number of aromatic nitrogens is 1. The molecule has 0 amide bonds. The third-order valence-corrected chi connectivity index (χ3v) is 3.73. The molecule has 1 unspecified atom stereocenters. The van der Waals surface area contributed by atoms with E-state index < -0.39 is 0 Å². The SMILES string of the molecule is O=c1ccc2c([nH]1)CCCC2Nc1cccc(Cl)c1. The highest BCUT2D eigenvalue weighted by Gasteiger charge is 2.20. The minimum Gasteiger partial charge on any atom is -0.378 e. The van der Waals surface area contributed by atoms with E-state index in [1.165, 1.54) is 5.56 Å². The molecular weight excluding hydrogens is 260 g/mol. The molecule has 3 nitrogen and oxygen atoms in total. The van der Waals surface area contributed by atoms with Gasteiger partial charge in [0, 0.05) is 22.5 Å². The van der Waals surface area contributed by atoms with Crippen LogP contribution >= 0.6 is 11.6 Å². The summed E-state index contributed by atoms with van der Waals surface area (Å²) in [6.07, 6.45) is 3.08. The summed E-state index contributed by atoms with van der Waals surface area (Å²) >= 11 is 6.00. The average molecular weight is 275 g/mol. The van der Waals surface area contributed by atoms with Crippen LogP contribution in [0.15, 0.2) is 41.2 Å². The van der Waals surface area contributed by atoms with E-state index in [1.54, 1.807) is 6.07 Å². The lowest BCUT2D eigenvalue weighted by molar-refractivity contribution is 0.587. The average Bonchev–Trinajstić information content (AvgIpc) is 2.38. The predicted molar refractivity (Wildman–Crippen MR) is 77.8 cm³/mol. The summed E-state index contributed by atoms with van der Waals surface area (Å²) in [5.74, 6) is 0. The fourth-order valence-corrected chi connectivity index (χ4v) is 2.82. The number of nitrogens with one attached hydrogen (secondary N) is 2. The first kappa shape index (κ1) is 12.3. The second-order valence-corrected chi connectivity index (χ2v) is 5.29. The van der Waals surface area contributed by atoms with E-state index in [0.29, 0.717) is 0 Å². The van der Waals surface area contributed by atoms with Gasteiger partial charge in [-0.25, -0.2) is 0 Å². The van der Waals surface area contributed by atoms with Gasteiger partial charge in [-0.2, -0.15) is 0 Å². The van der Waals surface area contributed by atoms with Crippen molar-refractivity contribution in [1.82, 2.24) is 4.98 Å². The molecule has 0 radical (unpaired) electrons. The van der Waals surface area contributed by atoms with Crippen molar-refractivity contribution in [3.63, 3.8) is 0 Å². The highest BCUT2D eigenvalue weighted by molar-refractivity contribution is 6.30. The molecule has 0 bridgehead atoms. The van der Waals surface area contributed by atoms with Gasteiger partial charge < -0.3 is 10.3 Å². The number of benzene rings is 1. The van der Waals surface area contributed by atoms with Gasteiger partial charge in [0.25, 0.3) is 0 Å². The molecule has 1 aliphatic carbocycles. The molecule has 0 spiro atoms. The monoisotopic (exact) mass is 274 g/mol. The van der Waals surface area contributed by atoms with Crippen LogP contribution in [0.2, 0.25) is 5.02 Å². The maximum atomic E-state index is 11.4. The first-order valence-corrected chi connectivity index (χ1v) is 6.84. The third kappa shape index (κ3) is 2.66. The van der Waals surface area contributed by atoms with Gasteiger partial charge in [0.15, 0.2) is 0 Å². The minimum absolute atomic E-state index is 0.0258. The Hall–Kier alpha value is -1.74. The lowest BCUT2D eigenvalue weighted by Crippen LogP contribution is -2.21. The molecule has 2 N–H and O–H groups in total. The van der Waals surface area contributed by atoms with Gasteiger partial charge in [-0.05, 0) is 49.1 Å². The Kier molecular flexibility index (Phi) is 3.30. The standard InChI is InChI=1S/C15H15ClN2O/c16-10-3-1-4-11(9-10)17-13-5-2-6-14-12(13)7-8-15(19)18-14/h1,3-4,7-9,13,17H,2,5-6H2,(H,18,19). The quantitative estimate of drug-likeness (QED) is 0.880. The van der Waals surface area contributed by atoms with Crippen molar-refractivity contribution in [2.45, 2.75) is 25.3 Å². The zero-order valence-corrected chi connectivity index (χ0v) is 11.2. The zero-order chi connectivity index (χ0) is 13.2. The first-order chi connectivity index (χ1) is 9.22. The second kappa shape index (κ2) is 5.10. The van der Waals surface area contributed by atoms with Crippen molar-refractivity contribution in [3.8, 4) is 0 Å². The normalized spacial score (nSPS) is 17.8. The molecule has 0 fully saturated rings. The molecule has 0 saturated carbocycles. The van der Waals surface area contributed by atoms with E-state index in [9.17, 15) is 4.79 Å². The van der Waals surface area contributed by atoms with Gasteiger partial charge in [0.1, 0.15) is 0 Å². The largest absolute Gasteiger partial charge is 0.378 e. The Balaban J connectivity index is 1.90. The van der Waals surface area contributed by atoms with Crippen LogP contribution in [0.3, 0.4) is 0 Å². The summed E-state index contributed by atoms with van der Waals surface area (Å²) in [6, 6.07) is 11.5. The van der Waals surface area contributed by atoms with E-state index in [1.807, 2.05) is 30.3 Å². The van der Waals surface area contributed by atoms with Crippen molar-refractivity contribution >= 4 is 17.3 Å². The van der Waals surface area contributed by atoms with Crippen molar-refractivity contribution in [2.24, 2.45) is 0 Å². The number of H-pyrrole nitrogens is 1. The summed E-state index contributed by atoms with van der Waals surface area (Å²) in [5.41, 5.74) is 3.22. The number of hydrogen-bond donors (Lipinski definition) is 2. The molecule has 2 aromatic rings. The van der Waals surface area contributed by atoms with Crippen molar-refractivity contribution in [2.75, 3.05) is 5.32 Å². The fraction of sp³-hybridized carbons (Fsp3) is 0.267. The maximum absolute atomic E-state index is 11.4. The van der Waals surface area contributed by atoms with E-state index >= 15 is 0 Å². The number of hydrogen-bond acceptors (Lipinski definition) is 2. The number of rotatable bonds is 2. The first-order valence-electron chi connectivity index (χ1n) is 6.46. The van der Waals surface area contributed by atoms with E-state index in [-0.39, 0.29) is 11.6 Å². The number of anilines is 1. The summed E-state index contributed by atoms with van der Waals surface area (Å²) in [4.78, 5) is 14.3. The molecule has 0 aliphatic heterocycles. The van der Waals surface area contributed by atoms with Crippen LogP contribution in [0.4, 0.5) is 5.69 Å². The lowest BCUT2D eigenvalue weighted by atomic mass is 9.91. The molecule has 1 heterocycles. The van der Waals surface area contributed by atoms with Gasteiger partial charge in [0.2, 0.25) is 5.56 Å². The molecule has 98 valence electrons. The molecule has 1 atom stereocenters. The summed E-state index contributed by atoms with van der Waals surface area (Å²) in [6.45, 7) is 0. The zero-order valence-electron chi connectivity index (χ0n) is 10.4. The van der Waals surface area contributed by atoms with Crippen LogP contribution in [0.5, 0.6) is 0 Å². The van der Waals surface area contributed by atoms with Gasteiger partial charge in [0.05, 0.1) is 6.04 Å². The van der Waals surface area contributed by atoms with Crippen LogP contribution in [0.1, 0.15) is 30.1 Å². The third-order valence-electron chi connectivity index (χ3n) is 3.50. The van der Waals surface area contributed by atoms with Crippen LogP contribution in [-0.4, -0.2) is 4.98 Å². The van der Waals surface area contributed by atoms with Crippen LogP contribution in [-0.2, 0) is 6.42 Å². The van der Waals surface area contributed by atoms with Gasteiger partial charge in [-0.15, -0.1) is 0 Å². The van der Waals surface area contributed by atoms with Crippen molar-refractivity contribution in [1.29, 1.82) is 0 Å². The number of fused-ring (bicyclic) bond motifs is 1. The number of aromatic amines is 1. The Bertz CT molecular complexity index is 651. The van der Waals surface area contributed by atoms with Gasteiger partial charge in [-0.3, -0.25) is 4.79 Å². The minimum atomic E-state index is -0.0258. The molecule has 4 heteroatoms. The molecule has 1 aromatic carbocycles. The van der Waals surface area contributed by atoms with Crippen LogP contribution in [0, 0.1) is 0 Å². The number of halogens is 1. The number of pyridine rings is 1. The Morgan fingerprint density at radius 1 is 1.26 bits per heavy atom. The van der Waals surface area contributed by atoms with E-state index in [0.717, 1.165) is 35.7 Å². The topological polar surface area (TPSA) is 44.9 Å². The van der Waals surface area contributed by atoms with E-state index in [4.69, 9.17) is 11.6 Å². The summed E-state index contributed by atoms with van der Waals surface area (Å²) < 4.78 is 0. The van der Waals surface area contributed by atoms with E-state index in [2.05, 4.69) is 10.3 Å². The van der Waals surface area contributed by atoms with Crippen molar-refractivity contribution < 1.29 is 0 Å². The number of aryl methyl sites for hydroxylation is 1. The molecular formula is C15H15ClN2O. The smallest absolute Gasteiger partial charge is 0.248 e. The second-order valence-electron chi connectivity index (χ2n) is 4.86. The maximum Gasteiger partial charge on any atom is 0.248 e. The molecule has 0 saturated heterocycles. The Morgan fingerprint density at radius 3 is 3.00 bits per heavy atom. The highest BCUT2D eigenvalue weighted by atomic mass is 35.5. The van der Waals surface area contributed by atoms with Crippen LogP contribution < -0.4 is 10.9 Å². The molecule has 19 heavy (non-hydrogen) atoms. The Morgan fingerprint density at radius 2 is 2.16 bits per heavy atom. The van der Waals surface area contributed by atoms with Gasteiger partial charge in [-0.1, -0.05) is 17.7 Å². The highest BCUT2D eigenvalue weighted by Crippen LogP contribution is 2.31. The van der Waals surface area contributed by atoms with Crippen molar-refractivity contribution in [3.05, 3.63) is 63.0 Å². The summed E-state index contributed by atoms with van der Waals surface area (Å²) in [5, 5.41) is 4.22. The van der Waals surface area contributed by atoms with Gasteiger partial charge >= 0.3 is 0 Å². The predicted octanol–water partition coefficient (Wildman–Crippen LogP) is 3.52. The molecule has 1 aliphatic rings. The lowest BCUT2D eigenvalue weighted by Gasteiger charge is -2.26.